The second-order valence-electron chi connectivity index (χ2n) is 6.70. The standard InChI is InChI=1S/C20H19N7O4/c28-17(11-6-12-26-15-9-4-5-10-16(15)31-20(26)30)21-22-18(29)13-27-24-19(23-25-27)14-7-2-1-3-8-14/h1-5,7-10H,6,11-13H2,(H,21,28)(H,22,29). The molecule has 2 aromatic carbocycles. The van der Waals surface area contributed by atoms with Crippen molar-refractivity contribution in [1.82, 2.24) is 35.6 Å². The number of amides is 2. The summed E-state index contributed by atoms with van der Waals surface area (Å²) >= 11 is 0. The molecule has 158 valence electrons. The highest BCUT2D eigenvalue weighted by Crippen LogP contribution is 2.13. The Morgan fingerprint density at radius 1 is 0.968 bits per heavy atom. The van der Waals surface area contributed by atoms with Gasteiger partial charge in [-0.1, -0.05) is 42.5 Å². The molecule has 2 heterocycles. The average Bonchev–Trinajstić information content (AvgIpc) is 3.37. The van der Waals surface area contributed by atoms with E-state index in [1.807, 2.05) is 36.4 Å². The number of rotatable bonds is 7. The highest BCUT2D eigenvalue weighted by Gasteiger charge is 2.11. The van der Waals surface area contributed by atoms with E-state index in [9.17, 15) is 14.4 Å². The van der Waals surface area contributed by atoms with Crippen LogP contribution in [0.5, 0.6) is 0 Å². The van der Waals surface area contributed by atoms with E-state index in [0.29, 0.717) is 29.9 Å². The molecule has 0 bridgehead atoms. The van der Waals surface area contributed by atoms with Crippen LogP contribution in [0.4, 0.5) is 0 Å². The minimum absolute atomic E-state index is 0.117. The van der Waals surface area contributed by atoms with Gasteiger partial charge in [-0.25, -0.2) is 4.79 Å². The third-order valence-corrected chi connectivity index (χ3v) is 4.47. The first-order chi connectivity index (χ1) is 15.1. The smallest absolute Gasteiger partial charge is 0.408 e. The van der Waals surface area contributed by atoms with E-state index in [4.69, 9.17) is 4.42 Å². The molecule has 0 aliphatic carbocycles. The third-order valence-electron chi connectivity index (χ3n) is 4.47. The lowest BCUT2D eigenvalue weighted by molar-refractivity contribution is -0.129. The molecule has 0 spiro atoms. The van der Waals surface area contributed by atoms with Crippen LogP contribution in [0.1, 0.15) is 12.8 Å². The Balaban J connectivity index is 1.22. The van der Waals surface area contributed by atoms with Crippen molar-refractivity contribution in [3.63, 3.8) is 0 Å². The van der Waals surface area contributed by atoms with Crippen LogP contribution in [0, 0.1) is 0 Å². The number of nitrogens with zero attached hydrogens (tertiary/aromatic N) is 5. The number of aromatic nitrogens is 5. The molecule has 11 nitrogen and oxygen atoms in total. The van der Waals surface area contributed by atoms with Gasteiger partial charge in [0.2, 0.25) is 11.7 Å². The van der Waals surface area contributed by atoms with Gasteiger partial charge in [-0.2, -0.15) is 4.80 Å². The van der Waals surface area contributed by atoms with Crippen molar-refractivity contribution in [2.24, 2.45) is 0 Å². The largest absolute Gasteiger partial charge is 0.419 e. The molecule has 0 saturated heterocycles. The van der Waals surface area contributed by atoms with E-state index in [1.54, 1.807) is 18.2 Å². The van der Waals surface area contributed by atoms with E-state index in [1.165, 1.54) is 4.57 Å². The number of tetrazole rings is 1. The molecule has 0 fully saturated rings. The zero-order valence-electron chi connectivity index (χ0n) is 16.4. The van der Waals surface area contributed by atoms with Crippen LogP contribution in [0.2, 0.25) is 0 Å². The number of carbonyl (C=O) groups excluding carboxylic acids is 2. The minimum atomic E-state index is -0.498. The number of hydrazine groups is 1. The molecule has 11 heteroatoms. The average molecular weight is 421 g/mol. The number of fused-ring (bicyclic) bond motifs is 1. The van der Waals surface area contributed by atoms with Gasteiger partial charge >= 0.3 is 5.76 Å². The van der Waals surface area contributed by atoms with Crippen LogP contribution in [-0.2, 0) is 22.7 Å². The quantitative estimate of drug-likeness (QED) is 0.423. The van der Waals surface area contributed by atoms with Crippen molar-refractivity contribution in [2.45, 2.75) is 25.9 Å². The number of para-hydroxylation sites is 2. The van der Waals surface area contributed by atoms with E-state index >= 15 is 0 Å². The number of hydrogen-bond donors (Lipinski definition) is 2. The first-order valence-corrected chi connectivity index (χ1v) is 9.59. The van der Waals surface area contributed by atoms with Gasteiger partial charge in [0.25, 0.3) is 5.91 Å². The second-order valence-corrected chi connectivity index (χ2v) is 6.70. The van der Waals surface area contributed by atoms with Crippen LogP contribution in [0.25, 0.3) is 22.5 Å². The van der Waals surface area contributed by atoms with E-state index in [0.717, 1.165) is 10.4 Å². The van der Waals surface area contributed by atoms with Crippen LogP contribution in [0.3, 0.4) is 0 Å². The fraction of sp³-hybridized carbons (Fsp3) is 0.200. The maximum Gasteiger partial charge on any atom is 0.419 e. The van der Waals surface area contributed by atoms with Crippen LogP contribution < -0.4 is 16.6 Å². The Bertz CT molecular complexity index is 1260. The Morgan fingerprint density at radius 2 is 1.71 bits per heavy atom. The van der Waals surface area contributed by atoms with Crippen LogP contribution in [0.15, 0.2) is 63.8 Å². The Morgan fingerprint density at radius 3 is 2.55 bits per heavy atom. The highest BCUT2D eigenvalue weighted by atomic mass is 16.4. The summed E-state index contributed by atoms with van der Waals surface area (Å²) in [4.78, 5) is 37.0. The lowest BCUT2D eigenvalue weighted by Gasteiger charge is -2.07. The summed E-state index contributed by atoms with van der Waals surface area (Å²) in [6, 6.07) is 16.3. The zero-order chi connectivity index (χ0) is 21.6. The predicted molar refractivity (Wildman–Crippen MR) is 109 cm³/mol. The molecule has 2 aromatic heterocycles. The van der Waals surface area contributed by atoms with Crippen molar-refractivity contribution in [2.75, 3.05) is 0 Å². The maximum absolute atomic E-state index is 12.0. The van der Waals surface area contributed by atoms with Crippen molar-refractivity contribution in [1.29, 1.82) is 0 Å². The highest BCUT2D eigenvalue weighted by molar-refractivity contribution is 5.81. The maximum atomic E-state index is 12.0. The molecule has 4 aromatic rings. The Hall–Kier alpha value is -4.28. The number of oxazole rings is 1. The predicted octanol–water partition coefficient (Wildman–Crippen LogP) is 0.876. The summed E-state index contributed by atoms with van der Waals surface area (Å²) in [6.07, 6.45) is 0.516. The van der Waals surface area contributed by atoms with Gasteiger partial charge in [0, 0.05) is 18.5 Å². The van der Waals surface area contributed by atoms with Gasteiger partial charge in [-0.3, -0.25) is 25.0 Å². The molecule has 0 unspecified atom stereocenters. The fourth-order valence-corrected chi connectivity index (χ4v) is 3.01. The summed E-state index contributed by atoms with van der Waals surface area (Å²) in [5.74, 6) is -0.947. The summed E-state index contributed by atoms with van der Waals surface area (Å²) in [6.45, 7) is 0.124. The van der Waals surface area contributed by atoms with Crippen molar-refractivity contribution in [3.05, 3.63) is 65.1 Å². The molecule has 2 N–H and O–H groups in total. The lowest BCUT2D eigenvalue weighted by Crippen LogP contribution is -2.43. The van der Waals surface area contributed by atoms with Gasteiger partial charge in [0.15, 0.2) is 5.58 Å². The number of nitrogens with one attached hydrogen (secondary N) is 2. The van der Waals surface area contributed by atoms with Crippen molar-refractivity contribution < 1.29 is 14.0 Å². The van der Waals surface area contributed by atoms with Gasteiger partial charge in [-0.05, 0) is 23.8 Å². The zero-order valence-corrected chi connectivity index (χ0v) is 16.4. The van der Waals surface area contributed by atoms with E-state index < -0.39 is 11.7 Å². The minimum Gasteiger partial charge on any atom is -0.408 e. The van der Waals surface area contributed by atoms with E-state index in [-0.39, 0.29) is 18.9 Å². The molecule has 0 aliphatic heterocycles. The summed E-state index contributed by atoms with van der Waals surface area (Å²) in [5, 5.41) is 11.9. The molecule has 31 heavy (non-hydrogen) atoms. The molecular weight excluding hydrogens is 402 g/mol. The molecule has 2 amide bonds. The normalized spacial score (nSPS) is 10.8. The number of hydrogen-bond acceptors (Lipinski definition) is 7. The summed E-state index contributed by atoms with van der Waals surface area (Å²) < 4.78 is 6.63. The van der Waals surface area contributed by atoms with Gasteiger partial charge < -0.3 is 4.42 Å². The molecule has 0 atom stereocenters. The fourth-order valence-electron chi connectivity index (χ4n) is 3.01. The number of benzene rings is 2. The summed E-state index contributed by atoms with van der Waals surface area (Å²) in [5.41, 5.74) is 6.61. The second kappa shape index (κ2) is 9.03. The molecular formula is C20H19N7O4. The first kappa shape index (κ1) is 20.0. The lowest BCUT2D eigenvalue weighted by atomic mass is 10.2. The van der Waals surface area contributed by atoms with Crippen LogP contribution in [-0.4, -0.2) is 36.6 Å². The van der Waals surface area contributed by atoms with Crippen LogP contribution >= 0.6 is 0 Å². The SMILES string of the molecule is O=C(CCCn1c(=O)oc2ccccc21)NNC(=O)Cn1nnc(-c2ccccc2)n1. The number of carbonyl (C=O) groups is 2. The summed E-state index contributed by atoms with van der Waals surface area (Å²) in [7, 11) is 0. The van der Waals surface area contributed by atoms with E-state index in [2.05, 4.69) is 26.3 Å². The number of aryl methyl sites for hydroxylation is 1. The van der Waals surface area contributed by atoms with Crippen molar-refractivity contribution >= 4 is 22.9 Å². The Labute approximate surface area is 175 Å². The Kier molecular flexibility index (Phi) is 5.83. The monoisotopic (exact) mass is 421 g/mol. The molecule has 4 rings (SSSR count). The molecule has 0 aliphatic rings. The van der Waals surface area contributed by atoms with Gasteiger partial charge in [-0.15, -0.1) is 10.2 Å². The van der Waals surface area contributed by atoms with Gasteiger partial charge in [0.05, 0.1) is 5.52 Å². The molecule has 0 radical (unpaired) electrons. The first-order valence-electron chi connectivity index (χ1n) is 9.59. The molecule has 0 saturated carbocycles. The van der Waals surface area contributed by atoms with Crippen molar-refractivity contribution in [3.8, 4) is 11.4 Å². The topological polar surface area (TPSA) is 137 Å². The third kappa shape index (κ3) is 4.83. The van der Waals surface area contributed by atoms with Gasteiger partial charge in [0.1, 0.15) is 6.54 Å².